The molecule has 0 spiro atoms. The fraction of sp³-hybridized carbons (Fsp3) is 0.571. The third-order valence-corrected chi connectivity index (χ3v) is 3.86. The van der Waals surface area contributed by atoms with Crippen LogP contribution >= 0.6 is 0 Å². The number of hydrogen-bond donors (Lipinski definition) is 2. The summed E-state index contributed by atoms with van der Waals surface area (Å²) in [5.74, 6) is 0.152. The van der Waals surface area contributed by atoms with Crippen LogP contribution in [0.1, 0.15) is 49.0 Å². The lowest BCUT2D eigenvalue weighted by molar-refractivity contribution is 0.0995. The number of anilines is 2. The Morgan fingerprint density at radius 3 is 2.47 bits per heavy atom. The maximum absolute atomic E-state index is 11.2. The van der Waals surface area contributed by atoms with E-state index >= 15 is 0 Å². The number of nitrogens with zero attached hydrogens (tertiary/aromatic N) is 2. The molecule has 0 radical (unpaired) electrons. The largest absolute Gasteiger partial charge is 0.396 e. The van der Waals surface area contributed by atoms with E-state index in [0.29, 0.717) is 17.5 Å². The molecule has 19 heavy (non-hydrogen) atoms. The number of aromatic nitrogens is 1. The molecule has 1 aliphatic carbocycles. The minimum absolute atomic E-state index is 0.268. The second kappa shape index (κ2) is 5.91. The zero-order valence-electron chi connectivity index (χ0n) is 11.4. The van der Waals surface area contributed by atoms with E-state index < -0.39 is 5.91 Å². The highest BCUT2D eigenvalue weighted by atomic mass is 16.1. The first-order chi connectivity index (χ1) is 9.09. The standard InChI is InChI=1S/C14H22N4O/c1-18(10-6-4-2-3-5-7-10)14-11(15)8-9-12(17-14)13(16)19/h8-10H,2-7,15H2,1H3,(H2,16,19). The van der Waals surface area contributed by atoms with Gasteiger partial charge >= 0.3 is 0 Å². The average molecular weight is 262 g/mol. The molecule has 1 aliphatic rings. The van der Waals surface area contributed by atoms with Crippen molar-refractivity contribution < 1.29 is 4.79 Å². The summed E-state index contributed by atoms with van der Waals surface area (Å²) in [6, 6.07) is 3.72. The maximum Gasteiger partial charge on any atom is 0.267 e. The van der Waals surface area contributed by atoms with Crippen molar-refractivity contribution in [1.82, 2.24) is 4.98 Å². The molecule has 1 amide bonds. The van der Waals surface area contributed by atoms with Crippen LogP contribution in [-0.2, 0) is 0 Å². The van der Waals surface area contributed by atoms with Gasteiger partial charge in [0.2, 0.25) is 0 Å². The quantitative estimate of drug-likeness (QED) is 0.815. The average Bonchev–Trinajstić information content (AvgIpc) is 2.67. The molecule has 2 rings (SSSR count). The highest BCUT2D eigenvalue weighted by molar-refractivity contribution is 5.91. The van der Waals surface area contributed by atoms with Crippen molar-refractivity contribution in [3.63, 3.8) is 0 Å². The Bertz CT molecular complexity index is 453. The molecule has 1 saturated carbocycles. The summed E-state index contributed by atoms with van der Waals surface area (Å²) in [6.45, 7) is 0. The topological polar surface area (TPSA) is 85.2 Å². The zero-order valence-corrected chi connectivity index (χ0v) is 11.4. The van der Waals surface area contributed by atoms with E-state index in [-0.39, 0.29) is 5.69 Å². The van der Waals surface area contributed by atoms with Crippen LogP contribution in [0, 0.1) is 0 Å². The Hall–Kier alpha value is -1.78. The number of nitrogen functional groups attached to an aromatic ring is 1. The Morgan fingerprint density at radius 1 is 1.26 bits per heavy atom. The van der Waals surface area contributed by atoms with E-state index in [9.17, 15) is 4.79 Å². The van der Waals surface area contributed by atoms with E-state index in [4.69, 9.17) is 11.5 Å². The zero-order chi connectivity index (χ0) is 13.8. The number of nitrogens with two attached hydrogens (primary N) is 2. The molecule has 104 valence electrons. The number of carbonyl (C=O) groups excluding carboxylic acids is 1. The summed E-state index contributed by atoms with van der Waals surface area (Å²) < 4.78 is 0. The second-order valence-electron chi connectivity index (χ2n) is 5.23. The van der Waals surface area contributed by atoms with Crippen molar-refractivity contribution in [1.29, 1.82) is 0 Å². The smallest absolute Gasteiger partial charge is 0.267 e. The number of pyridine rings is 1. The first kappa shape index (κ1) is 13.6. The predicted octanol–water partition coefficient (Wildman–Crippen LogP) is 1.92. The number of rotatable bonds is 3. The number of amides is 1. The molecule has 1 aromatic heterocycles. The molecule has 0 bridgehead atoms. The lowest BCUT2D eigenvalue weighted by Gasteiger charge is -2.29. The summed E-state index contributed by atoms with van der Waals surface area (Å²) in [6.07, 6.45) is 7.38. The molecule has 0 aliphatic heterocycles. The van der Waals surface area contributed by atoms with Crippen molar-refractivity contribution in [2.45, 2.75) is 44.6 Å². The van der Waals surface area contributed by atoms with Gasteiger partial charge in [-0.2, -0.15) is 0 Å². The lowest BCUT2D eigenvalue weighted by atomic mass is 10.1. The summed E-state index contributed by atoms with van der Waals surface area (Å²) in [4.78, 5) is 17.6. The van der Waals surface area contributed by atoms with E-state index in [1.54, 1.807) is 12.1 Å². The highest BCUT2D eigenvalue weighted by Gasteiger charge is 2.20. The van der Waals surface area contributed by atoms with Crippen LogP contribution in [0.2, 0.25) is 0 Å². The van der Waals surface area contributed by atoms with Crippen molar-refractivity contribution in [3.8, 4) is 0 Å². The van der Waals surface area contributed by atoms with Gasteiger partial charge in [-0.1, -0.05) is 25.7 Å². The molecular formula is C14H22N4O. The van der Waals surface area contributed by atoms with Crippen molar-refractivity contribution in [3.05, 3.63) is 17.8 Å². The molecule has 1 aromatic rings. The molecule has 1 fully saturated rings. The third kappa shape index (κ3) is 3.16. The van der Waals surface area contributed by atoms with Crippen LogP contribution < -0.4 is 16.4 Å². The molecule has 0 saturated heterocycles. The van der Waals surface area contributed by atoms with Gasteiger partial charge in [0.15, 0.2) is 5.82 Å². The predicted molar refractivity (Wildman–Crippen MR) is 77.1 cm³/mol. The summed E-state index contributed by atoms with van der Waals surface area (Å²) in [5, 5.41) is 0. The summed E-state index contributed by atoms with van der Waals surface area (Å²) in [5.41, 5.74) is 12.1. The van der Waals surface area contributed by atoms with Gasteiger partial charge in [0.05, 0.1) is 5.69 Å². The molecular weight excluding hydrogens is 240 g/mol. The normalized spacial score (nSPS) is 16.9. The summed E-state index contributed by atoms with van der Waals surface area (Å²) >= 11 is 0. The van der Waals surface area contributed by atoms with E-state index in [1.165, 1.54) is 25.7 Å². The van der Waals surface area contributed by atoms with Gasteiger partial charge in [0.25, 0.3) is 5.91 Å². The Balaban J connectivity index is 2.23. The fourth-order valence-corrected chi connectivity index (χ4v) is 2.70. The fourth-order valence-electron chi connectivity index (χ4n) is 2.70. The Kier molecular flexibility index (Phi) is 4.24. The monoisotopic (exact) mass is 262 g/mol. The second-order valence-corrected chi connectivity index (χ2v) is 5.23. The van der Waals surface area contributed by atoms with Crippen LogP contribution in [0.5, 0.6) is 0 Å². The lowest BCUT2D eigenvalue weighted by Crippen LogP contribution is -2.33. The first-order valence-corrected chi connectivity index (χ1v) is 6.88. The van der Waals surface area contributed by atoms with Crippen LogP contribution in [0.15, 0.2) is 12.1 Å². The molecule has 5 heteroatoms. The van der Waals surface area contributed by atoms with E-state index in [0.717, 1.165) is 12.8 Å². The Morgan fingerprint density at radius 2 is 1.89 bits per heavy atom. The minimum atomic E-state index is -0.518. The van der Waals surface area contributed by atoms with Crippen molar-refractivity contribution >= 4 is 17.4 Å². The van der Waals surface area contributed by atoms with Gasteiger partial charge in [0, 0.05) is 13.1 Å². The van der Waals surface area contributed by atoms with E-state index in [2.05, 4.69) is 9.88 Å². The third-order valence-electron chi connectivity index (χ3n) is 3.86. The van der Waals surface area contributed by atoms with Crippen LogP contribution in [-0.4, -0.2) is 24.0 Å². The number of hydrogen-bond acceptors (Lipinski definition) is 4. The van der Waals surface area contributed by atoms with Crippen LogP contribution in [0.25, 0.3) is 0 Å². The minimum Gasteiger partial charge on any atom is -0.396 e. The molecule has 4 N–H and O–H groups in total. The van der Waals surface area contributed by atoms with Gasteiger partial charge in [0.1, 0.15) is 5.69 Å². The molecule has 5 nitrogen and oxygen atoms in total. The molecule has 0 aromatic carbocycles. The van der Waals surface area contributed by atoms with Crippen molar-refractivity contribution in [2.75, 3.05) is 17.7 Å². The molecule has 0 atom stereocenters. The van der Waals surface area contributed by atoms with Crippen LogP contribution in [0.3, 0.4) is 0 Å². The van der Waals surface area contributed by atoms with Crippen LogP contribution in [0.4, 0.5) is 11.5 Å². The van der Waals surface area contributed by atoms with E-state index in [1.807, 2.05) is 7.05 Å². The van der Waals surface area contributed by atoms with Gasteiger partial charge in [-0.3, -0.25) is 4.79 Å². The number of carbonyl (C=O) groups is 1. The maximum atomic E-state index is 11.2. The first-order valence-electron chi connectivity index (χ1n) is 6.88. The van der Waals surface area contributed by atoms with Crippen molar-refractivity contribution in [2.24, 2.45) is 5.73 Å². The number of primary amides is 1. The van der Waals surface area contributed by atoms with Gasteiger partial charge < -0.3 is 16.4 Å². The molecule has 1 heterocycles. The van der Waals surface area contributed by atoms with Gasteiger partial charge in [-0.05, 0) is 25.0 Å². The SMILES string of the molecule is CN(c1nc(C(N)=O)ccc1N)C1CCCCCC1. The highest BCUT2D eigenvalue weighted by Crippen LogP contribution is 2.27. The van der Waals surface area contributed by atoms with Gasteiger partial charge in [-0.25, -0.2) is 4.98 Å². The van der Waals surface area contributed by atoms with Gasteiger partial charge in [-0.15, -0.1) is 0 Å². The summed E-state index contributed by atoms with van der Waals surface area (Å²) in [7, 11) is 2.00. The Labute approximate surface area is 114 Å². The molecule has 0 unspecified atom stereocenters.